The number of sulfonamides is 1. The number of carboxylic acids is 1. The zero-order valence-electron chi connectivity index (χ0n) is 13.3. The number of benzene rings is 1. The third kappa shape index (κ3) is 4.23. The third-order valence-electron chi connectivity index (χ3n) is 3.49. The van der Waals surface area contributed by atoms with E-state index >= 15 is 0 Å². The summed E-state index contributed by atoms with van der Waals surface area (Å²) in [5.74, 6) is -1.47. The van der Waals surface area contributed by atoms with Gasteiger partial charge in [-0.2, -0.15) is 0 Å². The highest BCUT2D eigenvalue weighted by Gasteiger charge is 2.18. The highest BCUT2D eigenvalue weighted by molar-refractivity contribution is 7.91. The molecule has 0 bridgehead atoms. The first-order chi connectivity index (χ1) is 11.2. The van der Waals surface area contributed by atoms with Gasteiger partial charge in [-0.25, -0.2) is 13.2 Å². The number of aromatic nitrogens is 1. The molecule has 1 atom stereocenters. The van der Waals surface area contributed by atoms with E-state index in [0.29, 0.717) is 5.56 Å². The molecule has 7 nitrogen and oxygen atoms in total. The molecule has 2 aromatic rings. The predicted molar refractivity (Wildman–Crippen MR) is 90.5 cm³/mol. The average molecular weight is 350 g/mol. The molecular formula is C16H18N2O5S. The average Bonchev–Trinajstić information content (AvgIpc) is 2.50. The second-order valence-electron chi connectivity index (χ2n) is 5.50. The number of hydrogen-bond donors (Lipinski definition) is 2. The number of carboxylic acid groups (broad SMARTS) is 1. The Hall–Kier alpha value is -2.61. The number of aliphatic carboxylic acids is 1. The highest BCUT2D eigenvalue weighted by atomic mass is 32.2. The fourth-order valence-corrected chi connectivity index (χ4v) is 3.31. The Bertz CT molecular complexity index is 901. The van der Waals surface area contributed by atoms with Crippen LogP contribution in [0.1, 0.15) is 24.1 Å². The molecule has 0 saturated carbocycles. The number of pyridine rings is 1. The van der Waals surface area contributed by atoms with Gasteiger partial charge in [-0.05, 0) is 31.5 Å². The van der Waals surface area contributed by atoms with Crippen molar-refractivity contribution in [2.45, 2.75) is 25.6 Å². The van der Waals surface area contributed by atoms with E-state index in [-0.39, 0.29) is 11.4 Å². The second kappa shape index (κ2) is 6.88. The Balaban J connectivity index is 2.27. The van der Waals surface area contributed by atoms with Gasteiger partial charge in [-0.1, -0.05) is 29.8 Å². The number of carbonyl (C=O) groups is 1. The van der Waals surface area contributed by atoms with Gasteiger partial charge >= 0.3 is 5.97 Å². The molecule has 1 aromatic carbocycles. The van der Waals surface area contributed by atoms with Crippen LogP contribution in [0.15, 0.2) is 47.4 Å². The summed E-state index contributed by atoms with van der Waals surface area (Å²) in [4.78, 5) is 23.3. The van der Waals surface area contributed by atoms with Crippen LogP contribution in [0.4, 0.5) is 5.69 Å². The van der Waals surface area contributed by atoms with Crippen molar-refractivity contribution in [1.29, 1.82) is 0 Å². The van der Waals surface area contributed by atoms with Gasteiger partial charge in [0.1, 0.15) is 11.7 Å². The number of aryl methyl sites for hydroxylation is 1. The van der Waals surface area contributed by atoms with Crippen LogP contribution in [0.3, 0.4) is 0 Å². The van der Waals surface area contributed by atoms with Crippen LogP contribution < -0.4 is 10.3 Å². The summed E-state index contributed by atoms with van der Waals surface area (Å²) in [6.07, 6.45) is 1.30. The Kier molecular flexibility index (Phi) is 5.08. The molecule has 0 aliphatic rings. The number of nitrogens with one attached hydrogen (secondary N) is 1. The van der Waals surface area contributed by atoms with E-state index in [0.717, 1.165) is 10.1 Å². The van der Waals surface area contributed by atoms with Gasteiger partial charge in [0.15, 0.2) is 0 Å². The molecule has 0 amide bonds. The molecule has 0 saturated heterocycles. The third-order valence-corrected chi connectivity index (χ3v) is 4.74. The SMILES string of the molecule is Cc1ccc(CS(=O)(=O)Nc2cccn([C@@H](C)C(=O)O)c2=O)cc1. The van der Waals surface area contributed by atoms with Crippen molar-refractivity contribution in [3.8, 4) is 0 Å². The molecule has 2 rings (SSSR count). The van der Waals surface area contributed by atoms with Crippen LogP contribution >= 0.6 is 0 Å². The lowest BCUT2D eigenvalue weighted by molar-refractivity contribution is -0.140. The van der Waals surface area contributed by atoms with Gasteiger partial charge in [-0.15, -0.1) is 0 Å². The molecule has 0 aliphatic heterocycles. The van der Waals surface area contributed by atoms with Crippen LogP contribution in [0, 0.1) is 6.92 Å². The molecule has 0 aliphatic carbocycles. The van der Waals surface area contributed by atoms with Crippen molar-refractivity contribution in [3.63, 3.8) is 0 Å². The van der Waals surface area contributed by atoms with Crippen molar-refractivity contribution in [1.82, 2.24) is 4.57 Å². The maximum absolute atomic E-state index is 12.3. The maximum Gasteiger partial charge on any atom is 0.326 e. The molecule has 1 heterocycles. The summed E-state index contributed by atoms with van der Waals surface area (Å²) >= 11 is 0. The van der Waals surface area contributed by atoms with Crippen LogP contribution in [0.5, 0.6) is 0 Å². The molecule has 0 spiro atoms. The molecule has 0 fully saturated rings. The number of anilines is 1. The predicted octanol–water partition coefficient (Wildman–Crippen LogP) is 1.74. The van der Waals surface area contributed by atoms with Crippen LogP contribution in [-0.2, 0) is 20.6 Å². The second-order valence-corrected chi connectivity index (χ2v) is 7.22. The van der Waals surface area contributed by atoms with Crippen LogP contribution in [0.2, 0.25) is 0 Å². The largest absolute Gasteiger partial charge is 0.480 e. The minimum Gasteiger partial charge on any atom is -0.480 e. The molecule has 8 heteroatoms. The summed E-state index contributed by atoms with van der Waals surface area (Å²) in [7, 11) is -3.80. The Morgan fingerprint density at radius 1 is 1.25 bits per heavy atom. The van der Waals surface area contributed by atoms with E-state index in [9.17, 15) is 18.0 Å². The van der Waals surface area contributed by atoms with E-state index < -0.39 is 27.6 Å². The molecule has 24 heavy (non-hydrogen) atoms. The monoisotopic (exact) mass is 350 g/mol. The van der Waals surface area contributed by atoms with Gasteiger partial charge < -0.3 is 5.11 Å². The van der Waals surface area contributed by atoms with E-state index in [4.69, 9.17) is 5.11 Å². The fourth-order valence-electron chi connectivity index (χ4n) is 2.12. The standard InChI is InChI=1S/C16H18N2O5S/c1-11-5-7-13(8-6-11)10-24(22,23)17-14-4-3-9-18(15(14)19)12(2)16(20)21/h3-9,12,17H,10H2,1-2H3,(H,20,21)/t12-/m0/s1. The lowest BCUT2D eigenvalue weighted by atomic mass is 10.2. The topological polar surface area (TPSA) is 105 Å². The normalized spacial score (nSPS) is 12.6. The molecule has 0 radical (unpaired) electrons. The van der Waals surface area contributed by atoms with Gasteiger partial charge in [0.05, 0.1) is 5.75 Å². The molecular weight excluding hydrogens is 332 g/mol. The zero-order valence-corrected chi connectivity index (χ0v) is 14.1. The van der Waals surface area contributed by atoms with Crippen LogP contribution in [0.25, 0.3) is 0 Å². The summed E-state index contributed by atoms with van der Waals surface area (Å²) in [6.45, 7) is 3.24. The molecule has 0 unspecified atom stereocenters. The van der Waals surface area contributed by atoms with Crippen molar-refractivity contribution >= 4 is 21.7 Å². The Labute approximate surface area is 139 Å². The lowest BCUT2D eigenvalue weighted by Crippen LogP contribution is -2.30. The summed E-state index contributed by atoms with van der Waals surface area (Å²) in [6, 6.07) is 8.63. The lowest BCUT2D eigenvalue weighted by Gasteiger charge is -2.13. The molecule has 128 valence electrons. The number of rotatable bonds is 6. The van der Waals surface area contributed by atoms with Crippen LogP contribution in [-0.4, -0.2) is 24.1 Å². The summed E-state index contributed by atoms with van der Waals surface area (Å²) < 4.78 is 27.7. The molecule has 1 aromatic heterocycles. The van der Waals surface area contributed by atoms with E-state index in [1.165, 1.54) is 25.3 Å². The highest BCUT2D eigenvalue weighted by Crippen LogP contribution is 2.12. The minimum absolute atomic E-state index is 0.183. The summed E-state index contributed by atoms with van der Waals surface area (Å²) in [5, 5.41) is 9.00. The number of nitrogens with zero attached hydrogens (tertiary/aromatic N) is 1. The first-order valence-electron chi connectivity index (χ1n) is 7.19. The Morgan fingerprint density at radius 3 is 2.46 bits per heavy atom. The fraction of sp³-hybridized carbons (Fsp3) is 0.250. The minimum atomic E-state index is -3.80. The first kappa shape index (κ1) is 17.7. The molecule has 2 N–H and O–H groups in total. The van der Waals surface area contributed by atoms with Crippen molar-refractivity contribution < 1.29 is 18.3 Å². The Morgan fingerprint density at radius 2 is 1.88 bits per heavy atom. The maximum atomic E-state index is 12.3. The van der Waals surface area contributed by atoms with Crippen molar-refractivity contribution in [2.75, 3.05) is 4.72 Å². The van der Waals surface area contributed by atoms with Crippen molar-refractivity contribution in [2.24, 2.45) is 0 Å². The zero-order chi connectivity index (χ0) is 17.9. The van der Waals surface area contributed by atoms with Gasteiger partial charge in [0.25, 0.3) is 5.56 Å². The quantitative estimate of drug-likeness (QED) is 0.825. The first-order valence-corrected chi connectivity index (χ1v) is 8.85. The van der Waals surface area contributed by atoms with Crippen molar-refractivity contribution in [3.05, 3.63) is 64.1 Å². The van der Waals surface area contributed by atoms with E-state index in [1.807, 2.05) is 6.92 Å². The smallest absolute Gasteiger partial charge is 0.326 e. The number of hydrogen-bond acceptors (Lipinski definition) is 4. The van der Waals surface area contributed by atoms with Gasteiger partial charge in [-0.3, -0.25) is 14.1 Å². The van der Waals surface area contributed by atoms with Gasteiger partial charge in [0, 0.05) is 6.20 Å². The summed E-state index contributed by atoms with van der Waals surface area (Å²) in [5.41, 5.74) is 0.707. The van der Waals surface area contributed by atoms with E-state index in [1.54, 1.807) is 24.3 Å². The van der Waals surface area contributed by atoms with E-state index in [2.05, 4.69) is 4.72 Å². The van der Waals surface area contributed by atoms with Gasteiger partial charge in [0.2, 0.25) is 10.0 Å².